The Balaban J connectivity index is 2.01. The SMILES string of the molecule is CCc1cc(C(C)(C)C)cc(C)c1OCC(=O)OCc1ccccc1. The van der Waals surface area contributed by atoms with E-state index < -0.39 is 0 Å². The second-order valence-corrected chi connectivity index (χ2v) is 7.32. The molecule has 0 atom stereocenters. The summed E-state index contributed by atoms with van der Waals surface area (Å²) in [5, 5.41) is 0. The maximum atomic E-state index is 12.0. The predicted octanol–water partition coefficient (Wildman–Crippen LogP) is 4.98. The molecule has 0 heterocycles. The fraction of sp³-hybridized carbons (Fsp3) is 0.409. The van der Waals surface area contributed by atoms with Crippen molar-refractivity contribution in [1.82, 2.24) is 0 Å². The van der Waals surface area contributed by atoms with Crippen LogP contribution in [0.1, 0.15) is 49.9 Å². The number of ether oxygens (including phenoxy) is 2. The van der Waals surface area contributed by atoms with E-state index in [-0.39, 0.29) is 24.6 Å². The van der Waals surface area contributed by atoms with Gasteiger partial charge in [-0.3, -0.25) is 0 Å². The highest BCUT2D eigenvalue weighted by atomic mass is 16.6. The molecule has 0 bridgehead atoms. The quantitative estimate of drug-likeness (QED) is 0.696. The molecule has 0 N–H and O–H groups in total. The highest BCUT2D eigenvalue weighted by molar-refractivity contribution is 5.71. The van der Waals surface area contributed by atoms with Gasteiger partial charge in [-0.1, -0.05) is 70.2 Å². The van der Waals surface area contributed by atoms with Crippen molar-refractivity contribution in [1.29, 1.82) is 0 Å². The van der Waals surface area contributed by atoms with Gasteiger partial charge in [0, 0.05) is 0 Å². The van der Waals surface area contributed by atoms with Gasteiger partial charge in [0.25, 0.3) is 0 Å². The maximum absolute atomic E-state index is 12.0. The van der Waals surface area contributed by atoms with Crippen LogP contribution in [0.5, 0.6) is 5.75 Å². The van der Waals surface area contributed by atoms with Crippen molar-refractivity contribution in [2.24, 2.45) is 0 Å². The van der Waals surface area contributed by atoms with E-state index in [4.69, 9.17) is 9.47 Å². The largest absolute Gasteiger partial charge is 0.481 e. The Morgan fingerprint density at radius 1 is 1.08 bits per heavy atom. The predicted molar refractivity (Wildman–Crippen MR) is 101 cm³/mol. The summed E-state index contributed by atoms with van der Waals surface area (Å²) in [6.45, 7) is 10.9. The van der Waals surface area contributed by atoms with Gasteiger partial charge in [-0.05, 0) is 41.0 Å². The van der Waals surface area contributed by atoms with Gasteiger partial charge in [0.1, 0.15) is 12.4 Å². The summed E-state index contributed by atoms with van der Waals surface area (Å²) in [5.74, 6) is 0.442. The van der Waals surface area contributed by atoms with Crippen LogP contribution in [0.4, 0.5) is 0 Å². The molecule has 0 fully saturated rings. The highest BCUT2D eigenvalue weighted by Gasteiger charge is 2.18. The Hall–Kier alpha value is -2.29. The van der Waals surface area contributed by atoms with Crippen LogP contribution in [-0.2, 0) is 28.0 Å². The second-order valence-electron chi connectivity index (χ2n) is 7.32. The Morgan fingerprint density at radius 3 is 2.36 bits per heavy atom. The normalized spacial score (nSPS) is 11.2. The Bertz CT molecular complexity index is 712. The Labute approximate surface area is 151 Å². The number of hydrogen-bond acceptors (Lipinski definition) is 3. The number of rotatable bonds is 6. The van der Waals surface area contributed by atoms with E-state index >= 15 is 0 Å². The molecule has 25 heavy (non-hydrogen) atoms. The van der Waals surface area contributed by atoms with Gasteiger partial charge < -0.3 is 9.47 Å². The van der Waals surface area contributed by atoms with Crippen LogP contribution in [0.3, 0.4) is 0 Å². The molecule has 0 aliphatic carbocycles. The number of carbonyl (C=O) groups is 1. The zero-order valence-electron chi connectivity index (χ0n) is 15.9. The first-order valence-corrected chi connectivity index (χ1v) is 8.77. The molecule has 0 aliphatic heterocycles. The van der Waals surface area contributed by atoms with Crippen LogP contribution in [-0.4, -0.2) is 12.6 Å². The van der Waals surface area contributed by atoms with Crippen molar-refractivity contribution >= 4 is 5.97 Å². The molecule has 2 aromatic rings. The summed E-state index contributed by atoms with van der Waals surface area (Å²) in [5.41, 5.74) is 4.51. The molecule has 0 aromatic heterocycles. The average Bonchev–Trinajstić information content (AvgIpc) is 2.58. The number of carbonyl (C=O) groups excluding carboxylic acids is 1. The zero-order chi connectivity index (χ0) is 18.4. The van der Waals surface area contributed by atoms with Crippen molar-refractivity contribution in [2.45, 2.75) is 53.1 Å². The van der Waals surface area contributed by atoms with E-state index in [1.807, 2.05) is 37.3 Å². The van der Waals surface area contributed by atoms with Crippen LogP contribution in [0.2, 0.25) is 0 Å². The molecule has 3 nitrogen and oxygen atoms in total. The molecule has 0 saturated heterocycles. The maximum Gasteiger partial charge on any atom is 0.344 e. The van der Waals surface area contributed by atoms with Crippen molar-refractivity contribution in [3.8, 4) is 5.75 Å². The molecule has 0 aliphatic rings. The fourth-order valence-electron chi connectivity index (χ4n) is 2.66. The van der Waals surface area contributed by atoms with Crippen molar-refractivity contribution in [2.75, 3.05) is 6.61 Å². The van der Waals surface area contributed by atoms with Gasteiger partial charge in [0.15, 0.2) is 6.61 Å². The highest BCUT2D eigenvalue weighted by Crippen LogP contribution is 2.31. The molecule has 0 saturated carbocycles. The number of esters is 1. The topological polar surface area (TPSA) is 35.5 Å². The van der Waals surface area contributed by atoms with E-state index in [9.17, 15) is 4.79 Å². The summed E-state index contributed by atoms with van der Waals surface area (Å²) < 4.78 is 11.1. The van der Waals surface area contributed by atoms with Crippen molar-refractivity contribution in [3.63, 3.8) is 0 Å². The van der Waals surface area contributed by atoms with E-state index in [1.165, 1.54) is 5.56 Å². The van der Waals surface area contributed by atoms with E-state index in [1.54, 1.807) is 0 Å². The van der Waals surface area contributed by atoms with Gasteiger partial charge in [0.05, 0.1) is 0 Å². The molecule has 0 radical (unpaired) electrons. The third kappa shape index (κ3) is 5.35. The van der Waals surface area contributed by atoms with E-state index in [0.717, 1.165) is 28.9 Å². The van der Waals surface area contributed by atoms with Crippen LogP contribution in [0, 0.1) is 6.92 Å². The summed E-state index contributed by atoms with van der Waals surface area (Å²) in [6, 6.07) is 14.0. The Kier molecular flexibility index (Phi) is 6.24. The summed E-state index contributed by atoms with van der Waals surface area (Å²) in [6.07, 6.45) is 0.860. The molecule has 0 amide bonds. The molecule has 0 spiro atoms. The van der Waals surface area contributed by atoms with Crippen molar-refractivity contribution in [3.05, 3.63) is 64.7 Å². The van der Waals surface area contributed by atoms with E-state index in [0.29, 0.717) is 0 Å². The van der Waals surface area contributed by atoms with Crippen molar-refractivity contribution < 1.29 is 14.3 Å². The van der Waals surface area contributed by atoms with Gasteiger partial charge in [0.2, 0.25) is 0 Å². The monoisotopic (exact) mass is 340 g/mol. The zero-order valence-corrected chi connectivity index (χ0v) is 15.9. The average molecular weight is 340 g/mol. The lowest BCUT2D eigenvalue weighted by Crippen LogP contribution is -2.17. The molecular weight excluding hydrogens is 312 g/mol. The minimum Gasteiger partial charge on any atom is -0.481 e. The summed E-state index contributed by atoms with van der Waals surface area (Å²) >= 11 is 0. The standard InChI is InChI=1S/C22H28O3/c1-6-18-13-19(22(3,4)5)12-16(2)21(18)25-15-20(23)24-14-17-10-8-7-9-11-17/h7-13H,6,14-15H2,1-5H3. The lowest BCUT2D eigenvalue weighted by Gasteiger charge is -2.23. The summed E-state index contributed by atoms with van der Waals surface area (Å²) in [4.78, 5) is 12.0. The molecular formula is C22H28O3. The van der Waals surface area contributed by atoms with Crippen LogP contribution >= 0.6 is 0 Å². The lowest BCUT2D eigenvalue weighted by atomic mass is 9.84. The van der Waals surface area contributed by atoms with Gasteiger partial charge in [-0.2, -0.15) is 0 Å². The molecule has 2 rings (SSSR count). The number of aryl methyl sites for hydroxylation is 2. The summed E-state index contributed by atoms with van der Waals surface area (Å²) in [7, 11) is 0. The van der Waals surface area contributed by atoms with Crippen LogP contribution in [0.15, 0.2) is 42.5 Å². The minimum absolute atomic E-state index is 0.0739. The van der Waals surface area contributed by atoms with E-state index in [2.05, 4.69) is 39.8 Å². The number of hydrogen-bond donors (Lipinski definition) is 0. The number of benzene rings is 2. The molecule has 0 unspecified atom stereocenters. The third-order valence-corrected chi connectivity index (χ3v) is 4.18. The third-order valence-electron chi connectivity index (χ3n) is 4.18. The first kappa shape index (κ1) is 19.0. The molecule has 3 heteroatoms. The second kappa shape index (κ2) is 8.19. The smallest absolute Gasteiger partial charge is 0.344 e. The first-order chi connectivity index (χ1) is 11.8. The Morgan fingerprint density at radius 2 is 1.76 bits per heavy atom. The lowest BCUT2D eigenvalue weighted by molar-refractivity contribution is -0.147. The van der Waals surface area contributed by atoms with Gasteiger partial charge in [-0.15, -0.1) is 0 Å². The van der Waals surface area contributed by atoms with Gasteiger partial charge >= 0.3 is 5.97 Å². The van der Waals surface area contributed by atoms with Crippen LogP contribution < -0.4 is 4.74 Å². The minimum atomic E-state index is -0.356. The fourth-order valence-corrected chi connectivity index (χ4v) is 2.66. The molecule has 2 aromatic carbocycles. The molecule has 134 valence electrons. The first-order valence-electron chi connectivity index (χ1n) is 8.77. The van der Waals surface area contributed by atoms with Crippen LogP contribution in [0.25, 0.3) is 0 Å². The van der Waals surface area contributed by atoms with Gasteiger partial charge in [-0.25, -0.2) is 4.79 Å².